The molecule has 0 radical (unpaired) electrons. The second-order valence-corrected chi connectivity index (χ2v) is 10.1. The Labute approximate surface area is 225 Å². The first-order valence-corrected chi connectivity index (χ1v) is 12.8. The lowest BCUT2D eigenvalue weighted by atomic mass is 10.0. The Bertz CT molecular complexity index is 1650. The highest BCUT2D eigenvalue weighted by molar-refractivity contribution is 6.03. The molecular formula is C25H28F3N9O3. The molecule has 0 bridgehead atoms. The van der Waals surface area contributed by atoms with E-state index < -0.39 is 35.4 Å². The van der Waals surface area contributed by atoms with Gasteiger partial charge in [-0.05, 0) is 26.2 Å². The standard InChI is InChI=1S/C25H28F3N9O3/c1-13-7-8-16(15-10-29-23(30-11-15)36-9-5-6-17(36)25(26,27)28)32-19(13)33-21(38)14(2)37-12-31-20-18(37)22(39)35(4)24(40)34(20)3/h8,10-14,17H,5-7,9H2,1-4H3,(H,32,33,38)/t13?,14-,17-/m0/s1. The highest BCUT2D eigenvalue weighted by Gasteiger charge is 2.46. The van der Waals surface area contributed by atoms with Crippen molar-refractivity contribution in [2.45, 2.75) is 51.4 Å². The summed E-state index contributed by atoms with van der Waals surface area (Å²) in [5.74, 6) is -0.179. The number of carbonyl (C=O) groups excluding carboxylic acids is 1. The van der Waals surface area contributed by atoms with Crippen molar-refractivity contribution in [1.82, 2.24) is 34.0 Å². The number of alkyl halides is 3. The number of nitrogens with one attached hydrogen (secondary N) is 1. The minimum Gasteiger partial charge on any atom is -0.329 e. The maximum Gasteiger partial charge on any atom is 0.408 e. The molecule has 15 heteroatoms. The number of aliphatic imine (C=N–C) groups is 1. The number of hydrogen-bond donors (Lipinski definition) is 1. The lowest BCUT2D eigenvalue weighted by Gasteiger charge is -2.26. The maximum absolute atomic E-state index is 13.4. The van der Waals surface area contributed by atoms with Gasteiger partial charge in [0.25, 0.3) is 5.56 Å². The SMILES string of the molecule is CC1CC=C(c2cnc(N3CCC[C@H]3C(F)(F)F)nc2)N=C1NC(=O)[C@H](C)n1cnc2c1c(=O)n(C)c(=O)n2C. The molecule has 12 nitrogen and oxygen atoms in total. The largest absolute Gasteiger partial charge is 0.408 e. The van der Waals surface area contributed by atoms with Crippen molar-refractivity contribution in [2.24, 2.45) is 25.0 Å². The molecule has 2 aliphatic rings. The number of aryl methyl sites for hydroxylation is 1. The van der Waals surface area contributed by atoms with E-state index in [1.165, 1.54) is 46.9 Å². The first-order chi connectivity index (χ1) is 18.9. The molecular weight excluding hydrogens is 531 g/mol. The van der Waals surface area contributed by atoms with Crippen LogP contribution >= 0.6 is 0 Å². The summed E-state index contributed by atoms with van der Waals surface area (Å²) < 4.78 is 43.7. The normalized spacial score (nSPS) is 20.4. The van der Waals surface area contributed by atoms with E-state index in [1.54, 1.807) is 6.92 Å². The third-order valence-corrected chi connectivity index (χ3v) is 7.42. The average molecular weight is 560 g/mol. The Hall–Kier alpha value is -4.30. The number of halogens is 3. The van der Waals surface area contributed by atoms with Gasteiger partial charge in [-0.2, -0.15) is 13.2 Å². The van der Waals surface area contributed by atoms with Gasteiger partial charge >= 0.3 is 11.9 Å². The van der Waals surface area contributed by atoms with Crippen LogP contribution in [0.25, 0.3) is 16.9 Å². The van der Waals surface area contributed by atoms with Gasteiger partial charge in [-0.3, -0.25) is 18.7 Å². The van der Waals surface area contributed by atoms with Gasteiger partial charge in [-0.25, -0.2) is 24.7 Å². The van der Waals surface area contributed by atoms with E-state index in [2.05, 4.69) is 25.3 Å². The summed E-state index contributed by atoms with van der Waals surface area (Å²) in [5, 5.41) is 2.83. The number of amidine groups is 1. The van der Waals surface area contributed by atoms with Crippen LogP contribution in [-0.2, 0) is 18.9 Å². The molecule has 2 aliphatic heterocycles. The summed E-state index contributed by atoms with van der Waals surface area (Å²) in [6, 6.07) is -2.46. The summed E-state index contributed by atoms with van der Waals surface area (Å²) >= 11 is 0. The fraction of sp³-hybridized carbons (Fsp3) is 0.480. The van der Waals surface area contributed by atoms with Crippen LogP contribution in [-0.4, -0.2) is 59.2 Å². The molecule has 5 heterocycles. The van der Waals surface area contributed by atoms with Gasteiger partial charge in [0.2, 0.25) is 11.9 Å². The van der Waals surface area contributed by atoms with E-state index in [1.807, 2.05) is 13.0 Å². The monoisotopic (exact) mass is 559 g/mol. The molecule has 0 aliphatic carbocycles. The highest BCUT2D eigenvalue weighted by atomic mass is 19.4. The molecule has 212 valence electrons. The highest BCUT2D eigenvalue weighted by Crippen LogP contribution is 2.34. The van der Waals surface area contributed by atoms with E-state index in [9.17, 15) is 27.6 Å². The molecule has 1 amide bonds. The molecule has 5 rings (SSSR count). The molecule has 1 N–H and O–H groups in total. The lowest BCUT2D eigenvalue weighted by molar-refractivity contribution is -0.146. The molecule has 3 atom stereocenters. The van der Waals surface area contributed by atoms with Crippen LogP contribution in [0.5, 0.6) is 0 Å². The Morgan fingerprint density at radius 1 is 1.12 bits per heavy atom. The van der Waals surface area contributed by atoms with Gasteiger partial charge in [-0.15, -0.1) is 0 Å². The fourth-order valence-electron chi connectivity index (χ4n) is 4.98. The molecule has 1 unspecified atom stereocenters. The number of amides is 1. The molecule has 40 heavy (non-hydrogen) atoms. The number of hydrogen-bond acceptors (Lipinski definition) is 8. The number of rotatable bonds is 4. The number of allylic oxidation sites excluding steroid dienone is 1. The fourth-order valence-corrected chi connectivity index (χ4v) is 4.98. The van der Waals surface area contributed by atoms with Crippen LogP contribution in [0.4, 0.5) is 19.1 Å². The molecule has 3 aromatic rings. The van der Waals surface area contributed by atoms with Gasteiger partial charge in [0, 0.05) is 44.5 Å². The van der Waals surface area contributed by atoms with Crippen molar-refractivity contribution in [3.05, 3.63) is 51.2 Å². The molecule has 0 spiro atoms. The second-order valence-electron chi connectivity index (χ2n) is 10.1. The number of carbonyl (C=O) groups is 1. The predicted molar refractivity (Wildman–Crippen MR) is 141 cm³/mol. The van der Waals surface area contributed by atoms with E-state index in [0.29, 0.717) is 29.9 Å². The zero-order chi connectivity index (χ0) is 28.9. The molecule has 1 fully saturated rings. The average Bonchev–Trinajstić information content (AvgIpc) is 3.60. The van der Waals surface area contributed by atoms with Crippen molar-refractivity contribution >= 4 is 34.6 Å². The minimum absolute atomic E-state index is 0.00495. The van der Waals surface area contributed by atoms with Crippen molar-refractivity contribution in [3.63, 3.8) is 0 Å². The van der Waals surface area contributed by atoms with E-state index in [-0.39, 0.29) is 36.0 Å². The van der Waals surface area contributed by atoms with Crippen LogP contribution in [0.1, 0.15) is 44.7 Å². The van der Waals surface area contributed by atoms with Crippen molar-refractivity contribution < 1.29 is 18.0 Å². The van der Waals surface area contributed by atoms with Crippen LogP contribution in [0, 0.1) is 5.92 Å². The van der Waals surface area contributed by atoms with Crippen LogP contribution in [0.3, 0.4) is 0 Å². The van der Waals surface area contributed by atoms with Crippen molar-refractivity contribution in [1.29, 1.82) is 0 Å². The number of aromatic nitrogens is 6. The predicted octanol–water partition coefficient (Wildman–Crippen LogP) is 1.91. The first-order valence-electron chi connectivity index (χ1n) is 12.8. The van der Waals surface area contributed by atoms with Crippen LogP contribution < -0.4 is 21.5 Å². The van der Waals surface area contributed by atoms with Crippen LogP contribution in [0.2, 0.25) is 0 Å². The summed E-state index contributed by atoms with van der Waals surface area (Å²) in [4.78, 5) is 56.5. The third-order valence-electron chi connectivity index (χ3n) is 7.42. The van der Waals surface area contributed by atoms with Gasteiger partial charge < -0.3 is 14.8 Å². The Morgan fingerprint density at radius 2 is 1.82 bits per heavy atom. The molecule has 1 saturated heterocycles. The summed E-state index contributed by atoms with van der Waals surface area (Å²) in [6.07, 6.45) is 2.65. The van der Waals surface area contributed by atoms with E-state index >= 15 is 0 Å². The maximum atomic E-state index is 13.4. The number of imidazole rings is 1. The topological polar surface area (TPSA) is 132 Å². The second kappa shape index (κ2) is 10.0. The summed E-state index contributed by atoms with van der Waals surface area (Å²) in [7, 11) is 2.85. The number of nitrogens with zero attached hydrogens (tertiary/aromatic N) is 8. The Morgan fingerprint density at radius 3 is 2.50 bits per heavy atom. The van der Waals surface area contributed by atoms with E-state index in [0.717, 1.165) is 4.57 Å². The quantitative estimate of drug-likeness (QED) is 0.517. The zero-order valence-corrected chi connectivity index (χ0v) is 22.3. The smallest absolute Gasteiger partial charge is 0.329 e. The minimum atomic E-state index is -4.36. The Kier molecular flexibility index (Phi) is 6.84. The van der Waals surface area contributed by atoms with Crippen molar-refractivity contribution in [2.75, 3.05) is 11.4 Å². The zero-order valence-electron chi connectivity index (χ0n) is 22.3. The first kappa shape index (κ1) is 27.3. The van der Waals surface area contributed by atoms with Gasteiger partial charge in [0.15, 0.2) is 11.2 Å². The number of anilines is 1. The lowest BCUT2D eigenvalue weighted by Crippen LogP contribution is -2.42. The summed E-state index contributed by atoms with van der Waals surface area (Å²) in [6.45, 7) is 3.72. The number of fused-ring (bicyclic) bond motifs is 1. The molecule has 0 aromatic carbocycles. The van der Waals surface area contributed by atoms with E-state index in [4.69, 9.17) is 0 Å². The van der Waals surface area contributed by atoms with Crippen LogP contribution in [0.15, 0.2) is 39.4 Å². The van der Waals surface area contributed by atoms with Gasteiger partial charge in [0.1, 0.15) is 17.9 Å². The van der Waals surface area contributed by atoms with Gasteiger partial charge in [0.05, 0.1) is 12.0 Å². The third kappa shape index (κ3) is 4.69. The van der Waals surface area contributed by atoms with Gasteiger partial charge in [-0.1, -0.05) is 13.0 Å². The molecule has 3 aromatic heterocycles. The summed E-state index contributed by atoms with van der Waals surface area (Å²) in [5.41, 5.74) is 0.182. The Balaban J connectivity index is 1.36. The van der Waals surface area contributed by atoms with Crippen molar-refractivity contribution in [3.8, 4) is 0 Å². The molecule has 0 saturated carbocycles.